The summed E-state index contributed by atoms with van der Waals surface area (Å²) in [5, 5.41) is 16.4. The lowest BCUT2D eigenvalue weighted by Gasteiger charge is -2.44. The minimum absolute atomic E-state index is 0.0710. The molecule has 8 heteroatoms. The first kappa shape index (κ1) is 31.3. The lowest BCUT2D eigenvalue weighted by molar-refractivity contribution is -0.149. The van der Waals surface area contributed by atoms with Gasteiger partial charge in [-0.2, -0.15) is 0 Å². The molecule has 0 aliphatic carbocycles. The van der Waals surface area contributed by atoms with Gasteiger partial charge in [-0.05, 0) is 65.9 Å². The van der Waals surface area contributed by atoms with Crippen LogP contribution in [0.5, 0.6) is 5.75 Å². The Labute approximate surface area is 217 Å². The van der Waals surface area contributed by atoms with E-state index in [9.17, 15) is 19.5 Å². The third-order valence-electron chi connectivity index (χ3n) is 6.02. The monoisotopic (exact) mass is 505 g/mol. The zero-order chi connectivity index (χ0) is 27.7. The number of amides is 3. The van der Waals surface area contributed by atoms with Crippen molar-refractivity contribution in [3.8, 4) is 5.75 Å². The molecule has 204 valence electrons. The summed E-state index contributed by atoms with van der Waals surface area (Å²) in [6.07, 6.45) is 1.91. The number of carbonyl (C=O) groups is 3. The van der Waals surface area contributed by atoms with Gasteiger partial charge in [0.15, 0.2) is 0 Å². The van der Waals surface area contributed by atoms with Crippen molar-refractivity contribution in [3.63, 3.8) is 0 Å². The SMILES string of the molecule is CCCCNC(=O)C(c1ccccc1O)N(C(=O)C(CC(C)C)NC(=O)OC(C)(C)C)C(C)(C)CC. The summed E-state index contributed by atoms with van der Waals surface area (Å²) in [5.74, 6) is -0.763. The number of hydrogen-bond donors (Lipinski definition) is 3. The van der Waals surface area contributed by atoms with Gasteiger partial charge in [-0.1, -0.05) is 52.3 Å². The number of phenolic OH excluding ortho intramolecular Hbond substituents is 1. The molecule has 36 heavy (non-hydrogen) atoms. The van der Waals surface area contributed by atoms with Crippen molar-refractivity contribution in [3.05, 3.63) is 29.8 Å². The minimum atomic E-state index is -1.08. The predicted octanol–water partition coefficient (Wildman–Crippen LogP) is 5.31. The number of hydrogen-bond acceptors (Lipinski definition) is 5. The first-order chi connectivity index (χ1) is 16.6. The average Bonchev–Trinajstić information content (AvgIpc) is 2.75. The van der Waals surface area contributed by atoms with Crippen molar-refractivity contribution in [1.29, 1.82) is 0 Å². The Morgan fingerprint density at radius 3 is 2.17 bits per heavy atom. The van der Waals surface area contributed by atoms with Gasteiger partial charge >= 0.3 is 6.09 Å². The van der Waals surface area contributed by atoms with Crippen LogP contribution < -0.4 is 10.6 Å². The van der Waals surface area contributed by atoms with Crippen molar-refractivity contribution < 1.29 is 24.2 Å². The molecule has 0 saturated carbocycles. The van der Waals surface area contributed by atoms with Crippen molar-refractivity contribution in [2.75, 3.05) is 6.54 Å². The normalized spacial score (nSPS) is 13.6. The molecule has 0 bridgehead atoms. The molecule has 0 radical (unpaired) electrons. The number of ether oxygens (including phenoxy) is 1. The lowest BCUT2D eigenvalue weighted by atomic mass is 9.90. The van der Waals surface area contributed by atoms with E-state index in [0.29, 0.717) is 24.9 Å². The Kier molecular flexibility index (Phi) is 11.7. The van der Waals surface area contributed by atoms with Gasteiger partial charge in [0.05, 0.1) is 0 Å². The molecule has 8 nitrogen and oxygen atoms in total. The van der Waals surface area contributed by atoms with Crippen molar-refractivity contribution in [1.82, 2.24) is 15.5 Å². The number of nitrogens with zero attached hydrogens (tertiary/aromatic N) is 1. The maximum atomic E-state index is 14.2. The van der Waals surface area contributed by atoms with Gasteiger partial charge in [0.2, 0.25) is 11.8 Å². The highest BCUT2D eigenvalue weighted by molar-refractivity contribution is 5.93. The van der Waals surface area contributed by atoms with Crippen LogP contribution in [-0.4, -0.2) is 51.6 Å². The van der Waals surface area contributed by atoms with E-state index >= 15 is 0 Å². The molecule has 3 N–H and O–H groups in total. The largest absolute Gasteiger partial charge is 0.508 e. The highest BCUT2D eigenvalue weighted by atomic mass is 16.6. The first-order valence-electron chi connectivity index (χ1n) is 13.0. The Balaban J connectivity index is 3.61. The number of alkyl carbamates (subject to hydrolysis) is 1. The molecule has 2 atom stereocenters. The van der Waals surface area contributed by atoms with Crippen LogP contribution in [0.2, 0.25) is 0 Å². The smallest absolute Gasteiger partial charge is 0.408 e. The van der Waals surface area contributed by atoms with E-state index in [1.165, 1.54) is 11.0 Å². The molecule has 1 rings (SSSR count). The van der Waals surface area contributed by atoms with Gasteiger partial charge < -0.3 is 25.4 Å². The molecule has 0 aliphatic rings. The van der Waals surface area contributed by atoms with Crippen molar-refractivity contribution >= 4 is 17.9 Å². The molecule has 1 aromatic carbocycles. The Bertz CT molecular complexity index is 876. The van der Waals surface area contributed by atoms with Gasteiger partial charge in [0, 0.05) is 17.6 Å². The van der Waals surface area contributed by atoms with Crippen LogP contribution >= 0.6 is 0 Å². The molecule has 3 amide bonds. The fraction of sp³-hybridized carbons (Fsp3) is 0.679. The number of aromatic hydroxyl groups is 1. The summed E-state index contributed by atoms with van der Waals surface area (Å²) < 4.78 is 5.43. The lowest BCUT2D eigenvalue weighted by Crippen LogP contribution is -2.59. The van der Waals surface area contributed by atoms with Crippen molar-refractivity contribution in [2.45, 2.75) is 111 Å². The van der Waals surface area contributed by atoms with Crippen LogP contribution in [-0.2, 0) is 14.3 Å². The van der Waals surface area contributed by atoms with E-state index < -0.39 is 35.2 Å². The van der Waals surface area contributed by atoms with E-state index in [1.807, 2.05) is 41.5 Å². The van der Waals surface area contributed by atoms with Crippen LogP contribution in [0.15, 0.2) is 24.3 Å². The molecular weight excluding hydrogens is 458 g/mol. The minimum Gasteiger partial charge on any atom is -0.508 e. The molecule has 0 aromatic heterocycles. The topological polar surface area (TPSA) is 108 Å². The van der Waals surface area contributed by atoms with Crippen LogP contribution in [0, 0.1) is 5.92 Å². The second-order valence-corrected chi connectivity index (χ2v) is 11.3. The van der Waals surface area contributed by atoms with E-state index in [1.54, 1.807) is 39.0 Å². The van der Waals surface area contributed by atoms with Gasteiger partial charge in [0.25, 0.3) is 0 Å². The van der Waals surface area contributed by atoms with Crippen molar-refractivity contribution in [2.24, 2.45) is 5.92 Å². The standard InChI is InChI=1S/C28H47N3O5/c1-10-12-17-29-24(33)23(20-15-13-14-16-22(20)32)31(28(8,9)11-2)25(34)21(18-19(3)4)30-26(35)36-27(5,6)7/h13-16,19,21,23,32H,10-12,17-18H2,1-9H3,(H,29,33)(H,30,35). The van der Waals surface area contributed by atoms with Crippen LogP contribution in [0.1, 0.15) is 99.6 Å². The summed E-state index contributed by atoms with van der Waals surface area (Å²) in [6.45, 7) is 17.4. The molecule has 2 unspecified atom stereocenters. The molecule has 0 fully saturated rings. The highest BCUT2D eigenvalue weighted by Crippen LogP contribution is 2.36. The average molecular weight is 506 g/mol. The zero-order valence-corrected chi connectivity index (χ0v) is 23.6. The number of nitrogens with one attached hydrogen (secondary N) is 2. The quantitative estimate of drug-likeness (QED) is 0.334. The van der Waals surface area contributed by atoms with Gasteiger partial charge in [0.1, 0.15) is 23.4 Å². The Morgan fingerprint density at radius 1 is 1.06 bits per heavy atom. The number of benzene rings is 1. The number of para-hydroxylation sites is 1. The first-order valence-corrected chi connectivity index (χ1v) is 13.0. The third-order valence-corrected chi connectivity index (χ3v) is 6.02. The molecule has 0 aliphatic heterocycles. The van der Waals surface area contributed by atoms with E-state index in [2.05, 4.69) is 10.6 Å². The Morgan fingerprint density at radius 2 is 1.67 bits per heavy atom. The summed E-state index contributed by atoms with van der Waals surface area (Å²) in [4.78, 5) is 42.0. The number of phenols is 1. The molecule has 0 saturated heterocycles. The van der Waals surface area contributed by atoms with Crippen LogP contribution in [0.25, 0.3) is 0 Å². The maximum absolute atomic E-state index is 14.2. The zero-order valence-electron chi connectivity index (χ0n) is 23.6. The van der Waals surface area contributed by atoms with Gasteiger partial charge in [-0.25, -0.2) is 4.79 Å². The number of unbranched alkanes of at least 4 members (excludes halogenated alkanes) is 1. The molecule has 0 heterocycles. The molecule has 1 aromatic rings. The van der Waals surface area contributed by atoms with E-state index in [-0.39, 0.29) is 17.6 Å². The van der Waals surface area contributed by atoms with Crippen LogP contribution in [0.3, 0.4) is 0 Å². The number of rotatable bonds is 12. The summed E-state index contributed by atoms with van der Waals surface area (Å²) >= 11 is 0. The van der Waals surface area contributed by atoms with Gasteiger partial charge in [-0.3, -0.25) is 9.59 Å². The third kappa shape index (κ3) is 9.36. The second kappa shape index (κ2) is 13.5. The van der Waals surface area contributed by atoms with Crippen LogP contribution in [0.4, 0.5) is 4.79 Å². The maximum Gasteiger partial charge on any atom is 0.408 e. The summed E-state index contributed by atoms with van der Waals surface area (Å²) in [5.41, 5.74) is -1.16. The summed E-state index contributed by atoms with van der Waals surface area (Å²) in [6, 6.07) is 4.57. The van der Waals surface area contributed by atoms with E-state index in [0.717, 1.165) is 12.8 Å². The summed E-state index contributed by atoms with van der Waals surface area (Å²) in [7, 11) is 0. The fourth-order valence-corrected chi connectivity index (χ4v) is 3.86. The predicted molar refractivity (Wildman–Crippen MR) is 143 cm³/mol. The molecular formula is C28H47N3O5. The fourth-order valence-electron chi connectivity index (χ4n) is 3.86. The number of carbonyl (C=O) groups excluding carboxylic acids is 3. The van der Waals surface area contributed by atoms with E-state index in [4.69, 9.17) is 4.74 Å². The second-order valence-electron chi connectivity index (χ2n) is 11.3. The van der Waals surface area contributed by atoms with Gasteiger partial charge in [-0.15, -0.1) is 0 Å². The highest BCUT2D eigenvalue weighted by Gasteiger charge is 2.44. The Hall–Kier alpha value is -2.77. The molecule has 0 spiro atoms.